The van der Waals surface area contributed by atoms with E-state index in [0.717, 1.165) is 41.0 Å². The summed E-state index contributed by atoms with van der Waals surface area (Å²) in [6.07, 6.45) is 1.95. The Kier molecular flexibility index (Phi) is 3.62. The lowest BCUT2D eigenvalue weighted by Crippen LogP contribution is -2.16. The zero-order chi connectivity index (χ0) is 15.8. The molecule has 0 bridgehead atoms. The van der Waals surface area contributed by atoms with Gasteiger partial charge in [-0.1, -0.05) is 23.7 Å². The Bertz CT molecular complexity index is 756. The van der Waals surface area contributed by atoms with Crippen molar-refractivity contribution in [1.29, 1.82) is 0 Å². The second kappa shape index (κ2) is 5.78. The van der Waals surface area contributed by atoms with Gasteiger partial charge in [-0.05, 0) is 18.2 Å². The van der Waals surface area contributed by atoms with Crippen molar-refractivity contribution in [3.05, 3.63) is 52.0 Å². The molecule has 0 atom stereocenters. The number of para-hydroxylation sites is 1. The molecular formula is C18H16ClNO3. The van der Waals surface area contributed by atoms with Gasteiger partial charge in [0.15, 0.2) is 0 Å². The van der Waals surface area contributed by atoms with Gasteiger partial charge in [0.2, 0.25) is 5.91 Å². The van der Waals surface area contributed by atoms with Crippen molar-refractivity contribution in [3.8, 4) is 11.5 Å². The molecule has 0 unspecified atom stereocenters. The van der Waals surface area contributed by atoms with E-state index in [0.29, 0.717) is 23.9 Å². The molecular weight excluding hydrogens is 314 g/mol. The molecule has 0 aliphatic carbocycles. The lowest BCUT2D eigenvalue weighted by Gasteiger charge is -2.13. The van der Waals surface area contributed by atoms with Gasteiger partial charge in [0.05, 0.1) is 30.3 Å². The molecule has 0 radical (unpaired) electrons. The predicted octanol–water partition coefficient (Wildman–Crippen LogP) is 3.39. The highest BCUT2D eigenvalue weighted by atomic mass is 35.5. The molecule has 4 nitrogen and oxygen atoms in total. The third kappa shape index (κ3) is 2.63. The monoisotopic (exact) mass is 329 g/mol. The van der Waals surface area contributed by atoms with E-state index in [-0.39, 0.29) is 12.3 Å². The Balaban J connectivity index is 1.62. The number of benzene rings is 2. The zero-order valence-electron chi connectivity index (χ0n) is 12.5. The van der Waals surface area contributed by atoms with Gasteiger partial charge in [0.25, 0.3) is 0 Å². The number of ether oxygens (including phenoxy) is 2. The van der Waals surface area contributed by atoms with E-state index in [1.807, 2.05) is 12.1 Å². The van der Waals surface area contributed by atoms with Crippen molar-refractivity contribution >= 4 is 23.2 Å². The Morgan fingerprint density at radius 1 is 1.17 bits per heavy atom. The van der Waals surface area contributed by atoms with Crippen LogP contribution in [0, 0.1) is 0 Å². The summed E-state index contributed by atoms with van der Waals surface area (Å²) in [6.45, 7) is 1.33. The minimum Gasteiger partial charge on any atom is -0.493 e. The fourth-order valence-corrected chi connectivity index (χ4v) is 3.37. The summed E-state index contributed by atoms with van der Waals surface area (Å²) in [5, 5.41) is 3.41. The molecule has 118 valence electrons. The summed E-state index contributed by atoms with van der Waals surface area (Å²) in [5.41, 5.74) is 3.81. The van der Waals surface area contributed by atoms with Crippen molar-refractivity contribution in [2.24, 2.45) is 0 Å². The van der Waals surface area contributed by atoms with Crippen LogP contribution in [0.3, 0.4) is 0 Å². The molecule has 2 heterocycles. The number of rotatable bonds is 3. The van der Waals surface area contributed by atoms with E-state index < -0.39 is 0 Å². The number of hydrogen-bond donors (Lipinski definition) is 1. The molecule has 2 aromatic rings. The highest BCUT2D eigenvalue weighted by molar-refractivity contribution is 6.33. The Labute approximate surface area is 139 Å². The zero-order valence-corrected chi connectivity index (χ0v) is 13.3. The van der Waals surface area contributed by atoms with Gasteiger partial charge in [-0.3, -0.25) is 4.79 Å². The third-order valence-electron chi connectivity index (χ3n) is 4.25. The van der Waals surface area contributed by atoms with Crippen LogP contribution in [-0.2, 0) is 24.1 Å². The van der Waals surface area contributed by atoms with E-state index in [1.165, 1.54) is 0 Å². The molecule has 0 aromatic heterocycles. The molecule has 1 N–H and O–H groups in total. The van der Waals surface area contributed by atoms with E-state index in [1.54, 1.807) is 12.1 Å². The largest absolute Gasteiger partial charge is 0.493 e. The van der Waals surface area contributed by atoms with Crippen molar-refractivity contribution in [1.82, 2.24) is 0 Å². The van der Waals surface area contributed by atoms with Gasteiger partial charge in [0, 0.05) is 29.5 Å². The highest BCUT2D eigenvalue weighted by Gasteiger charge is 2.27. The Morgan fingerprint density at radius 3 is 2.87 bits per heavy atom. The number of nitrogens with one attached hydrogen (secondary N) is 1. The summed E-state index contributed by atoms with van der Waals surface area (Å²) < 4.78 is 11.4. The lowest BCUT2D eigenvalue weighted by atomic mass is 9.97. The standard InChI is InChI=1S/C18H16ClNO3/c19-14-3-1-2-4-15(14)20-17(21)10-13-12-6-8-22-16(12)9-11-5-7-23-18(11)13/h1-4,9H,5-8,10H2,(H,20,21). The molecule has 0 saturated heterocycles. The van der Waals surface area contributed by atoms with Gasteiger partial charge in [-0.15, -0.1) is 0 Å². The number of amides is 1. The first-order valence-electron chi connectivity index (χ1n) is 7.70. The van der Waals surface area contributed by atoms with Crippen LogP contribution in [-0.4, -0.2) is 19.1 Å². The molecule has 2 aromatic carbocycles. The quantitative estimate of drug-likeness (QED) is 0.939. The molecule has 2 aliphatic heterocycles. The van der Waals surface area contributed by atoms with Crippen LogP contribution in [0.1, 0.15) is 16.7 Å². The maximum Gasteiger partial charge on any atom is 0.228 e. The molecule has 23 heavy (non-hydrogen) atoms. The van der Waals surface area contributed by atoms with Gasteiger partial charge < -0.3 is 14.8 Å². The Hall–Kier alpha value is -2.20. The van der Waals surface area contributed by atoms with E-state index in [2.05, 4.69) is 11.4 Å². The van der Waals surface area contributed by atoms with Gasteiger partial charge in [0.1, 0.15) is 11.5 Å². The first kappa shape index (κ1) is 14.4. The number of carbonyl (C=O) groups excluding carboxylic acids is 1. The minimum atomic E-state index is -0.101. The maximum absolute atomic E-state index is 12.5. The molecule has 4 rings (SSSR count). The van der Waals surface area contributed by atoms with E-state index in [9.17, 15) is 4.79 Å². The average Bonchev–Trinajstić information content (AvgIpc) is 3.18. The Morgan fingerprint density at radius 2 is 2.00 bits per heavy atom. The van der Waals surface area contributed by atoms with Crippen LogP contribution < -0.4 is 14.8 Å². The topological polar surface area (TPSA) is 47.6 Å². The molecule has 5 heteroatoms. The minimum absolute atomic E-state index is 0.101. The summed E-state index contributed by atoms with van der Waals surface area (Å²) in [6, 6.07) is 9.28. The molecule has 0 spiro atoms. The summed E-state index contributed by atoms with van der Waals surface area (Å²) >= 11 is 6.10. The first-order valence-corrected chi connectivity index (χ1v) is 8.08. The van der Waals surface area contributed by atoms with Crippen LogP contribution in [0.15, 0.2) is 30.3 Å². The summed E-state index contributed by atoms with van der Waals surface area (Å²) in [5.74, 6) is 1.66. The van der Waals surface area contributed by atoms with Gasteiger partial charge >= 0.3 is 0 Å². The van der Waals surface area contributed by atoms with Crippen molar-refractivity contribution in [2.75, 3.05) is 18.5 Å². The van der Waals surface area contributed by atoms with Crippen molar-refractivity contribution in [2.45, 2.75) is 19.3 Å². The highest BCUT2D eigenvalue weighted by Crippen LogP contribution is 2.40. The van der Waals surface area contributed by atoms with Gasteiger partial charge in [-0.25, -0.2) is 0 Å². The number of fused-ring (bicyclic) bond motifs is 2. The van der Waals surface area contributed by atoms with Gasteiger partial charge in [-0.2, -0.15) is 0 Å². The number of halogens is 1. The summed E-state index contributed by atoms with van der Waals surface area (Å²) in [7, 11) is 0. The molecule has 0 saturated carbocycles. The van der Waals surface area contributed by atoms with Crippen LogP contribution in [0.4, 0.5) is 5.69 Å². The van der Waals surface area contributed by atoms with Crippen LogP contribution in [0.25, 0.3) is 0 Å². The number of carbonyl (C=O) groups is 1. The fraction of sp³-hybridized carbons (Fsp3) is 0.278. The van der Waals surface area contributed by atoms with Crippen molar-refractivity contribution < 1.29 is 14.3 Å². The lowest BCUT2D eigenvalue weighted by molar-refractivity contribution is -0.115. The first-order chi connectivity index (χ1) is 11.2. The van der Waals surface area contributed by atoms with Crippen molar-refractivity contribution in [3.63, 3.8) is 0 Å². The molecule has 0 fully saturated rings. The SMILES string of the molecule is O=C(Cc1c2c(cc3c1OCC3)OCC2)Nc1ccccc1Cl. The van der Waals surface area contributed by atoms with Crippen LogP contribution in [0.2, 0.25) is 5.02 Å². The fourth-order valence-electron chi connectivity index (χ4n) is 3.19. The van der Waals surface area contributed by atoms with Crippen LogP contribution >= 0.6 is 11.6 Å². The molecule has 1 amide bonds. The maximum atomic E-state index is 12.5. The van der Waals surface area contributed by atoms with E-state index >= 15 is 0 Å². The van der Waals surface area contributed by atoms with Crippen LogP contribution in [0.5, 0.6) is 11.5 Å². The molecule has 2 aliphatic rings. The second-order valence-electron chi connectivity index (χ2n) is 5.72. The average molecular weight is 330 g/mol. The number of anilines is 1. The smallest absolute Gasteiger partial charge is 0.228 e. The summed E-state index contributed by atoms with van der Waals surface area (Å²) in [4.78, 5) is 12.5. The third-order valence-corrected chi connectivity index (χ3v) is 4.58. The van der Waals surface area contributed by atoms with E-state index in [4.69, 9.17) is 21.1 Å². The second-order valence-corrected chi connectivity index (χ2v) is 6.13. The normalized spacial score (nSPS) is 14.7. The number of hydrogen-bond acceptors (Lipinski definition) is 3. The predicted molar refractivity (Wildman–Crippen MR) is 88.6 cm³/mol.